The molecule has 6 heteroatoms. The number of carboxylic acid groups (broad SMARTS) is 1. The van der Waals surface area contributed by atoms with E-state index in [-0.39, 0.29) is 0 Å². The van der Waals surface area contributed by atoms with E-state index in [1.165, 1.54) is 11.8 Å². The van der Waals surface area contributed by atoms with Gasteiger partial charge >= 0.3 is 12.1 Å². The highest BCUT2D eigenvalue weighted by molar-refractivity contribution is 7.98. The van der Waals surface area contributed by atoms with Gasteiger partial charge in [-0.05, 0) is 18.4 Å². The van der Waals surface area contributed by atoms with Gasteiger partial charge < -0.3 is 15.6 Å². The molecule has 0 saturated heterocycles. The zero-order valence-electron chi connectivity index (χ0n) is 6.65. The van der Waals surface area contributed by atoms with Crippen LogP contribution in [0.1, 0.15) is 6.42 Å². The molecule has 0 spiro atoms. The first-order valence-electron chi connectivity index (χ1n) is 3.27. The number of hydrogen-bond acceptors (Lipinski definition) is 5. The van der Waals surface area contributed by atoms with Crippen LogP contribution in [0, 0.1) is 0 Å². The fraction of sp³-hybridized carbons (Fsp3) is 0.667. The monoisotopic (exact) mass is 193 g/mol. The van der Waals surface area contributed by atoms with Crippen molar-refractivity contribution < 1.29 is 19.4 Å². The second-order valence-corrected chi connectivity index (χ2v) is 3.06. The predicted octanol–water partition coefficient (Wildman–Crippen LogP) is 0.288. The summed E-state index contributed by atoms with van der Waals surface area (Å²) in [6, 6.07) is -0.839. The quantitative estimate of drug-likeness (QED) is 0.492. The third kappa shape index (κ3) is 4.97. The molecule has 0 aromatic heterocycles. The highest BCUT2D eigenvalue weighted by atomic mass is 32.2. The zero-order valence-corrected chi connectivity index (χ0v) is 7.47. The molecule has 70 valence electrons. The lowest BCUT2D eigenvalue weighted by Gasteiger charge is -2.06. The first kappa shape index (κ1) is 11.2. The zero-order chi connectivity index (χ0) is 9.56. The van der Waals surface area contributed by atoms with E-state index in [0.29, 0.717) is 12.2 Å². The van der Waals surface area contributed by atoms with Gasteiger partial charge in [-0.2, -0.15) is 11.8 Å². The summed E-state index contributed by atoms with van der Waals surface area (Å²) in [6.07, 6.45) is 0.683. The van der Waals surface area contributed by atoms with Crippen LogP contribution in [0.3, 0.4) is 0 Å². The Bertz CT molecular complexity index is 173. The smallest absolute Gasteiger partial charge is 0.449 e. The van der Waals surface area contributed by atoms with Crippen molar-refractivity contribution in [3.8, 4) is 0 Å². The summed E-state index contributed by atoms with van der Waals surface area (Å²) in [4.78, 5) is 20.6. The van der Waals surface area contributed by atoms with Gasteiger partial charge in [0, 0.05) is 0 Å². The van der Waals surface area contributed by atoms with Gasteiger partial charge in [0.25, 0.3) is 0 Å². The highest BCUT2D eigenvalue weighted by Crippen LogP contribution is 2.00. The number of thioether (sulfide) groups is 1. The van der Waals surface area contributed by atoms with Gasteiger partial charge in [0.2, 0.25) is 0 Å². The molecule has 0 unspecified atom stereocenters. The van der Waals surface area contributed by atoms with Crippen molar-refractivity contribution >= 4 is 23.9 Å². The van der Waals surface area contributed by atoms with Gasteiger partial charge in [0.15, 0.2) is 0 Å². The van der Waals surface area contributed by atoms with Gasteiger partial charge in [-0.25, -0.2) is 9.59 Å². The number of nitrogens with two attached hydrogens (primary N) is 1. The average molecular weight is 193 g/mol. The predicted molar refractivity (Wildman–Crippen MR) is 45.1 cm³/mol. The van der Waals surface area contributed by atoms with E-state index < -0.39 is 18.2 Å². The minimum absolute atomic E-state index is 0.424. The van der Waals surface area contributed by atoms with Crippen LogP contribution in [0.15, 0.2) is 0 Å². The topological polar surface area (TPSA) is 89.6 Å². The SMILES string of the molecule is CSCC[C@H](N)C(=O)OC(=O)O. The molecule has 1 atom stereocenters. The minimum atomic E-state index is -1.61. The third-order valence-electron chi connectivity index (χ3n) is 1.12. The summed E-state index contributed by atoms with van der Waals surface area (Å²) >= 11 is 1.53. The van der Waals surface area contributed by atoms with Crippen LogP contribution in [0.5, 0.6) is 0 Å². The van der Waals surface area contributed by atoms with E-state index >= 15 is 0 Å². The number of carbonyl (C=O) groups is 2. The molecule has 0 heterocycles. The molecule has 5 nitrogen and oxygen atoms in total. The van der Waals surface area contributed by atoms with Crippen LogP contribution < -0.4 is 5.73 Å². The molecule has 0 radical (unpaired) electrons. The molecule has 0 aromatic carbocycles. The third-order valence-corrected chi connectivity index (χ3v) is 1.77. The molecular weight excluding hydrogens is 182 g/mol. The van der Waals surface area contributed by atoms with Crippen LogP contribution >= 0.6 is 11.8 Å². The minimum Gasteiger partial charge on any atom is -0.449 e. The Morgan fingerprint density at radius 1 is 1.67 bits per heavy atom. The summed E-state index contributed by atoms with van der Waals surface area (Å²) in [5, 5.41) is 8.05. The molecule has 0 rings (SSSR count). The lowest BCUT2D eigenvalue weighted by atomic mass is 10.2. The molecular formula is C6H11NO4S. The largest absolute Gasteiger partial charge is 0.513 e. The summed E-state index contributed by atoms with van der Waals surface area (Å²) in [7, 11) is 0. The molecule has 0 aliphatic rings. The summed E-state index contributed by atoms with van der Waals surface area (Å²) in [5.74, 6) is -0.188. The Balaban J connectivity index is 3.69. The van der Waals surface area contributed by atoms with Crippen LogP contribution in [0.2, 0.25) is 0 Å². The van der Waals surface area contributed by atoms with E-state index in [0.717, 1.165) is 0 Å². The maximum absolute atomic E-state index is 10.7. The molecule has 3 N–H and O–H groups in total. The van der Waals surface area contributed by atoms with E-state index in [1.54, 1.807) is 0 Å². The van der Waals surface area contributed by atoms with Gasteiger partial charge in [0.1, 0.15) is 6.04 Å². The number of hydrogen-bond donors (Lipinski definition) is 2. The van der Waals surface area contributed by atoms with Crippen molar-refractivity contribution in [2.45, 2.75) is 12.5 Å². The average Bonchev–Trinajstić information content (AvgIpc) is 1.98. The van der Waals surface area contributed by atoms with Gasteiger partial charge in [-0.15, -0.1) is 0 Å². The number of esters is 1. The summed E-state index contributed by atoms with van der Waals surface area (Å²) in [6.45, 7) is 0. The van der Waals surface area contributed by atoms with E-state index in [4.69, 9.17) is 10.8 Å². The molecule has 0 bridgehead atoms. The second-order valence-electron chi connectivity index (χ2n) is 2.07. The number of ether oxygens (including phenoxy) is 1. The fourth-order valence-electron chi connectivity index (χ4n) is 0.524. The Morgan fingerprint density at radius 2 is 2.25 bits per heavy atom. The van der Waals surface area contributed by atoms with Crippen molar-refractivity contribution in [1.82, 2.24) is 0 Å². The fourth-order valence-corrected chi connectivity index (χ4v) is 1.01. The van der Waals surface area contributed by atoms with Crippen LogP contribution in [0.4, 0.5) is 4.79 Å². The molecule has 0 fully saturated rings. The standard InChI is InChI=1S/C6H11NO4S/c1-12-3-2-4(7)5(8)11-6(9)10/h4H,2-3,7H2,1H3,(H,9,10)/t4-/m0/s1. The van der Waals surface area contributed by atoms with Crippen LogP contribution in [0.25, 0.3) is 0 Å². The van der Waals surface area contributed by atoms with Crippen molar-refractivity contribution in [3.63, 3.8) is 0 Å². The molecule has 0 aliphatic heterocycles. The summed E-state index contributed by atoms with van der Waals surface area (Å²) < 4.78 is 3.85. The Labute approximate surface area is 74.3 Å². The second kappa shape index (κ2) is 5.84. The van der Waals surface area contributed by atoms with Gasteiger partial charge in [0.05, 0.1) is 0 Å². The Kier molecular flexibility index (Phi) is 5.48. The molecule has 0 amide bonds. The maximum Gasteiger partial charge on any atom is 0.513 e. The van der Waals surface area contributed by atoms with Crippen molar-refractivity contribution in [2.75, 3.05) is 12.0 Å². The van der Waals surface area contributed by atoms with E-state index in [2.05, 4.69) is 4.74 Å². The number of carbonyl (C=O) groups excluding carboxylic acids is 1. The lowest BCUT2D eigenvalue weighted by Crippen LogP contribution is -2.33. The molecule has 0 aliphatic carbocycles. The normalized spacial score (nSPS) is 12.2. The highest BCUT2D eigenvalue weighted by Gasteiger charge is 2.17. The van der Waals surface area contributed by atoms with E-state index in [9.17, 15) is 9.59 Å². The first-order chi connectivity index (χ1) is 5.57. The Hall–Kier alpha value is -0.750. The first-order valence-corrected chi connectivity index (χ1v) is 4.66. The lowest BCUT2D eigenvalue weighted by molar-refractivity contribution is -0.140. The summed E-state index contributed by atoms with van der Waals surface area (Å²) in [5.41, 5.74) is 5.30. The van der Waals surface area contributed by atoms with E-state index in [1.807, 2.05) is 6.26 Å². The Morgan fingerprint density at radius 3 is 2.67 bits per heavy atom. The van der Waals surface area contributed by atoms with Crippen molar-refractivity contribution in [3.05, 3.63) is 0 Å². The van der Waals surface area contributed by atoms with Gasteiger partial charge in [-0.3, -0.25) is 0 Å². The number of rotatable bonds is 4. The van der Waals surface area contributed by atoms with Gasteiger partial charge in [-0.1, -0.05) is 0 Å². The van der Waals surface area contributed by atoms with Crippen LogP contribution in [-0.2, 0) is 9.53 Å². The van der Waals surface area contributed by atoms with Crippen molar-refractivity contribution in [2.24, 2.45) is 5.73 Å². The molecule has 0 saturated carbocycles. The molecule has 0 aromatic rings. The maximum atomic E-state index is 10.7. The van der Waals surface area contributed by atoms with Crippen molar-refractivity contribution in [1.29, 1.82) is 0 Å². The molecule has 12 heavy (non-hydrogen) atoms. The van der Waals surface area contributed by atoms with Crippen LogP contribution in [-0.4, -0.2) is 35.3 Å².